The van der Waals surface area contributed by atoms with Crippen LogP contribution in [0, 0.1) is 11.3 Å². The Hall–Kier alpha value is -2.97. The predicted molar refractivity (Wildman–Crippen MR) is 126 cm³/mol. The number of fused-ring (bicyclic) bond motifs is 1. The highest BCUT2D eigenvalue weighted by atomic mass is 16.2. The molecular formula is C25H35N5O4. The first kappa shape index (κ1) is 24.2. The van der Waals surface area contributed by atoms with Crippen molar-refractivity contribution in [2.75, 3.05) is 32.7 Å². The first-order valence-electron chi connectivity index (χ1n) is 12.4. The molecule has 9 heteroatoms. The highest BCUT2D eigenvalue weighted by Gasteiger charge is 2.42. The number of nitrogens with zero attached hydrogens (tertiary/aromatic N) is 3. The van der Waals surface area contributed by atoms with Crippen LogP contribution in [0.5, 0.6) is 0 Å². The normalized spacial score (nSPS) is 25.9. The van der Waals surface area contributed by atoms with Gasteiger partial charge in [0.05, 0.1) is 12.0 Å². The lowest BCUT2D eigenvalue weighted by Gasteiger charge is -2.42. The lowest BCUT2D eigenvalue weighted by Crippen LogP contribution is -2.55. The number of hydrogen-bond donors (Lipinski definition) is 2. The number of carbonyl (C=O) groups excluding carboxylic acids is 4. The van der Waals surface area contributed by atoms with Gasteiger partial charge in [0.1, 0.15) is 0 Å². The Kier molecular flexibility index (Phi) is 7.48. The number of rotatable bonds is 1. The summed E-state index contributed by atoms with van der Waals surface area (Å²) in [5.74, 6) is 0.00841. The smallest absolute Gasteiger partial charge is 0.253 e. The van der Waals surface area contributed by atoms with Crippen molar-refractivity contribution in [3.8, 4) is 0 Å². The van der Waals surface area contributed by atoms with Crippen LogP contribution in [0.2, 0.25) is 0 Å². The molecule has 4 amide bonds. The number of aromatic nitrogens is 1. The maximum absolute atomic E-state index is 13.3. The zero-order valence-electron chi connectivity index (χ0n) is 19.9. The number of nitrogens with one attached hydrogen (secondary N) is 2. The fraction of sp³-hybridized carbons (Fsp3) is 0.640. The summed E-state index contributed by atoms with van der Waals surface area (Å²) in [6, 6.07) is 3.45. The Morgan fingerprint density at radius 2 is 1.74 bits per heavy atom. The minimum absolute atomic E-state index is 0.0378. The second-order valence-electron chi connectivity index (χ2n) is 9.92. The van der Waals surface area contributed by atoms with Gasteiger partial charge in [-0.1, -0.05) is 12.8 Å². The molecule has 3 saturated heterocycles. The summed E-state index contributed by atoms with van der Waals surface area (Å²) in [4.78, 5) is 58.2. The van der Waals surface area contributed by atoms with Gasteiger partial charge in [-0.05, 0) is 50.2 Å². The lowest BCUT2D eigenvalue weighted by atomic mass is 9.73. The third-order valence-electron chi connectivity index (χ3n) is 7.83. The molecule has 2 atom stereocenters. The molecular weight excluding hydrogens is 434 g/mol. The van der Waals surface area contributed by atoms with Crippen LogP contribution in [0.15, 0.2) is 24.5 Å². The molecule has 1 aromatic heterocycles. The first-order valence-corrected chi connectivity index (χ1v) is 12.4. The average Bonchev–Trinajstić information content (AvgIpc) is 2.85. The molecule has 0 aliphatic carbocycles. The van der Waals surface area contributed by atoms with Crippen molar-refractivity contribution in [2.45, 2.75) is 57.9 Å². The molecule has 9 nitrogen and oxygen atoms in total. The third-order valence-corrected chi connectivity index (χ3v) is 7.83. The fourth-order valence-corrected chi connectivity index (χ4v) is 5.68. The van der Waals surface area contributed by atoms with Crippen molar-refractivity contribution < 1.29 is 19.2 Å². The summed E-state index contributed by atoms with van der Waals surface area (Å²) in [5.41, 5.74) is 0.0405. The maximum atomic E-state index is 13.3. The standard InChI is InChI=1S/C25H35N5O4/c1-18(31)30-13-7-21-20(17-30)4-2-3-8-25(24(34)27-16-22(32)28-21)9-14-29(15-10-25)23(33)19-5-11-26-12-6-19/h5-6,11-12,20-21H,2-4,7-10,13-17H2,1H3,(H,27,34)(H,28,32)/t20-,21+/m0/s1. The number of likely N-dealkylation sites (tertiary alicyclic amines) is 2. The van der Waals surface area contributed by atoms with E-state index in [1.807, 2.05) is 4.90 Å². The number of pyridine rings is 1. The molecule has 0 unspecified atom stereocenters. The summed E-state index contributed by atoms with van der Waals surface area (Å²) >= 11 is 0. The van der Waals surface area contributed by atoms with E-state index in [1.165, 1.54) is 0 Å². The molecule has 4 heterocycles. The molecule has 0 saturated carbocycles. The zero-order valence-corrected chi connectivity index (χ0v) is 19.9. The monoisotopic (exact) mass is 469 g/mol. The largest absolute Gasteiger partial charge is 0.351 e. The second-order valence-corrected chi connectivity index (χ2v) is 9.92. The number of carbonyl (C=O) groups is 4. The minimum atomic E-state index is -0.564. The molecule has 2 N–H and O–H groups in total. The molecule has 0 aromatic carbocycles. The van der Waals surface area contributed by atoms with Gasteiger partial charge >= 0.3 is 0 Å². The van der Waals surface area contributed by atoms with E-state index >= 15 is 0 Å². The molecule has 3 aliphatic heterocycles. The van der Waals surface area contributed by atoms with E-state index in [0.29, 0.717) is 44.6 Å². The van der Waals surface area contributed by atoms with Crippen LogP contribution in [0.4, 0.5) is 0 Å². The number of piperidine rings is 2. The van der Waals surface area contributed by atoms with E-state index in [1.54, 1.807) is 36.4 Å². The van der Waals surface area contributed by atoms with Crippen LogP contribution in [-0.2, 0) is 14.4 Å². The van der Waals surface area contributed by atoms with Crippen LogP contribution < -0.4 is 10.6 Å². The molecule has 1 aromatic rings. The molecule has 3 aliphatic rings. The molecule has 184 valence electrons. The molecule has 34 heavy (non-hydrogen) atoms. The molecule has 0 bridgehead atoms. The summed E-state index contributed by atoms with van der Waals surface area (Å²) in [7, 11) is 0. The SMILES string of the molecule is CC(=O)N1CC[C@H]2NC(=O)CNC(=O)C3(CCCC[C@H]2C1)CCN(C(=O)c1ccncc1)CC3. The Balaban J connectivity index is 1.41. The highest BCUT2D eigenvalue weighted by Crippen LogP contribution is 2.38. The van der Waals surface area contributed by atoms with E-state index in [4.69, 9.17) is 0 Å². The minimum Gasteiger partial charge on any atom is -0.351 e. The van der Waals surface area contributed by atoms with E-state index in [2.05, 4.69) is 15.6 Å². The van der Waals surface area contributed by atoms with E-state index in [-0.39, 0.29) is 42.1 Å². The van der Waals surface area contributed by atoms with E-state index in [0.717, 1.165) is 32.1 Å². The van der Waals surface area contributed by atoms with Gasteiger partial charge in [0.2, 0.25) is 17.7 Å². The quantitative estimate of drug-likeness (QED) is 0.645. The van der Waals surface area contributed by atoms with Gasteiger partial charge in [0, 0.05) is 57.1 Å². The third kappa shape index (κ3) is 5.39. The summed E-state index contributed by atoms with van der Waals surface area (Å²) in [6.45, 7) is 3.90. The maximum Gasteiger partial charge on any atom is 0.253 e. The molecule has 4 rings (SSSR count). The van der Waals surface area contributed by atoms with Gasteiger partial charge in [0.25, 0.3) is 5.91 Å². The Bertz CT molecular complexity index is 913. The molecule has 3 fully saturated rings. The highest BCUT2D eigenvalue weighted by molar-refractivity contribution is 5.94. The first-order chi connectivity index (χ1) is 16.4. The van der Waals surface area contributed by atoms with Crippen molar-refractivity contribution in [1.29, 1.82) is 0 Å². The van der Waals surface area contributed by atoms with Gasteiger partial charge in [-0.15, -0.1) is 0 Å². The zero-order chi connectivity index (χ0) is 24.1. The van der Waals surface area contributed by atoms with Crippen molar-refractivity contribution in [3.63, 3.8) is 0 Å². The number of hydrogen-bond acceptors (Lipinski definition) is 5. The summed E-state index contributed by atoms with van der Waals surface area (Å²) < 4.78 is 0. The van der Waals surface area contributed by atoms with Crippen molar-refractivity contribution in [2.24, 2.45) is 11.3 Å². The van der Waals surface area contributed by atoms with Crippen LogP contribution >= 0.6 is 0 Å². The fourth-order valence-electron chi connectivity index (χ4n) is 5.68. The summed E-state index contributed by atoms with van der Waals surface area (Å²) in [5, 5.41) is 5.98. The van der Waals surface area contributed by atoms with Gasteiger partial charge in [-0.3, -0.25) is 24.2 Å². The van der Waals surface area contributed by atoms with E-state index < -0.39 is 5.41 Å². The lowest BCUT2D eigenvalue weighted by molar-refractivity contribution is -0.137. The van der Waals surface area contributed by atoms with Crippen molar-refractivity contribution in [1.82, 2.24) is 25.4 Å². The van der Waals surface area contributed by atoms with Gasteiger partial charge in [-0.2, -0.15) is 0 Å². The van der Waals surface area contributed by atoms with Gasteiger partial charge < -0.3 is 20.4 Å². The van der Waals surface area contributed by atoms with Crippen molar-refractivity contribution in [3.05, 3.63) is 30.1 Å². The molecule has 1 spiro atoms. The van der Waals surface area contributed by atoms with Crippen molar-refractivity contribution >= 4 is 23.6 Å². The predicted octanol–water partition coefficient (Wildman–Crippen LogP) is 1.35. The van der Waals surface area contributed by atoms with Gasteiger partial charge in [0.15, 0.2) is 0 Å². The topological polar surface area (TPSA) is 112 Å². The summed E-state index contributed by atoms with van der Waals surface area (Å²) in [6.07, 6.45) is 8.64. The number of amides is 4. The Morgan fingerprint density at radius 3 is 2.44 bits per heavy atom. The second kappa shape index (κ2) is 10.5. The van der Waals surface area contributed by atoms with Crippen LogP contribution in [-0.4, -0.2) is 77.2 Å². The van der Waals surface area contributed by atoms with Crippen LogP contribution in [0.1, 0.15) is 62.2 Å². The van der Waals surface area contributed by atoms with E-state index in [9.17, 15) is 19.2 Å². The van der Waals surface area contributed by atoms with Gasteiger partial charge in [-0.25, -0.2) is 0 Å². The van der Waals surface area contributed by atoms with Crippen LogP contribution in [0.3, 0.4) is 0 Å². The molecule has 0 radical (unpaired) electrons. The Labute approximate surface area is 200 Å². The average molecular weight is 470 g/mol. The Morgan fingerprint density at radius 1 is 1.00 bits per heavy atom. The van der Waals surface area contributed by atoms with Crippen LogP contribution in [0.25, 0.3) is 0 Å².